The van der Waals surface area contributed by atoms with Gasteiger partial charge in [-0.15, -0.1) is 0 Å². The lowest BCUT2D eigenvalue weighted by Gasteiger charge is -2.09. The molecule has 0 saturated carbocycles. The first-order valence-corrected chi connectivity index (χ1v) is 7.27. The molecule has 3 rings (SSSR count). The Kier molecular flexibility index (Phi) is 4.25. The summed E-state index contributed by atoms with van der Waals surface area (Å²) < 4.78 is 5.09. The first-order valence-electron chi connectivity index (χ1n) is 7.27. The van der Waals surface area contributed by atoms with E-state index in [4.69, 9.17) is 4.42 Å². The van der Waals surface area contributed by atoms with Gasteiger partial charge in [-0.3, -0.25) is 4.79 Å². The van der Waals surface area contributed by atoms with E-state index >= 15 is 0 Å². The number of carbonyl (C=O) groups is 1. The Balaban J connectivity index is 1.50. The summed E-state index contributed by atoms with van der Waals surface area (Å²) in [6.45, 7) is 0.153. The third-order valence-corrected chi connectivity index (χ3v) is 3.66. The van der Waals surface area contributed by atoms with Crippen molar-refractivity contribution < 1.29 is 14.3 Å². The fourth-order valence-corrected chi connectivity index (χ4v) is 2.47. The molecule has 3 aromatic rings. The molecule has 0 aliphatic rings. The van der Waals surface area contributed by atoms with Crippen molar-refractivity contribution in [2.75, 3.05) is 6.54 Å². The number of aryl methyl sites for hydroxylation is 1. The molecule has 1 aromatic carbocycles. The zero-order valence-corrected chi connectivity index (χ0v) is 12.1. The first-order chi connectivity index (χ1) is 10.7. The van der Waals surface area contributed by atoms with Crippen molar-refractivity contribution in [3.8, 4) is 0 Å². The molecule has 114 valence electrons. The highest BCUT2D eigenvalue weighted by Gasteiger charge is 2.12. The second-order valence-electron chi connectivity index (χ2n) is 5.19. The molecule has 0 aliphatic heterocycles. The van der Waals surface area contributed by atoms with E-state index in [1.54, 1.807) is 12.1 Å². The average Bonchev–Trinajstić information content (AvgIpc) is 3.20. The lowest BCUT2D eigenvalue weighted by molar-refractivity contribution is -0.121. The molecule has 0 bridgehead atoms. The zero-order valence-electron chi connectivity index (χ0n) is 12.1. The molecule has 0 radical (unpaired) electrons. The molecular formula is C17H18N2O3. The van der Waals surface area contributed by atoms with Gasteiger partial charge >= 0.3 is 0 Å². The summed E-state index contributed by atoms with van der Waals surface area (Å²) in [6, 6.07) is 11.4. The monoisotopic (exact) mass is 298 g/mol. The van der Waals surface area contributed by atoms with Gasteiger partial charge in [0.1, 0.15) is 11.9 Å². The van der Waals surface area contributed by atoms with Crippen LogP contribution in [0.2, 0.25) is 0 Å². The summed E-state index contributed by atoms with van der Waals surface area (Å²) in [5.41, 5.74) is 2.20. The molecule has 3 N–H and O–H groups in total. The van der Waals surface area contributed by atoms with Crippen LogP contribution in [0.25, 0.3) is 10.9 Å². The van der Waals surface area contributed by atoms with Crippen LogP contribution < -0.4 is 5.32 Å². The number of carbonyl (C=O) groups excluding carboxylic acids is 1. The molecule has 0 saturated heterocycles. The minimum absolute atomic E-state index is 0.0871. The van der Waals surface area contributed by atoms with Crippen LogP contribution in [0, 0.1) is 0 Å². The lowest BCUT2D eigenvalue weighted by Crippen LogP contribution is -2.28. The number of hydrogen-bond acceptors (Lipinski definition) is 3. The van der Waals surface area contributed by atoms with Crippen molar-refractivity contribution in [3.63, 3.8) is 0 Å². The minimum Gasteiger partial charge on any atom is -0.467 e. The van der Waals surface area contributed by atoms with E-state index in [2.05, 4.69) is 10.3 Å². The van der Waals surface area contributed by atoms with Crippen LogP contribution in [-0.2, 0) is 11.2 Å². The number of aliphatic hydroxyl groups is 1. The van der Waals surface area contributed by atoms with Crippen LogP contribution in [0.5, 0.6) is 0 Å². The number of aliphatic hydroxyl groups excluding tert-OH is 1. The number of furan rings is 1. The summed E-state index contributed by atoms with van der Waals surface area (Å²) in [5, 5.41) is 13.7. The van der Waals surface area contributed by atoms with E-state index in [-0.39, 0.29) is 12.5 Å². The Hall–Kier alpha value is -2.53. The molecule has 1 unspecified atom stereocenters. The van der Waals surface area contributed by atoms with Gasteiger partial charge in [-0.05, 0) is 30.2 Å². The maximum atomic E-state index is 11.9. The van der Waals surface area contributed by atoms with Crippen LogP contribution in [-0.4, -0.2) is 22.5 Å². The topological polar surface area (TPSA) is 78.3 Å². The molecule has 0 aliphatic carbocycles. The van der Waals surface area contributed by atoms with Crippen molar-refractivity contribution in [2.24, 2.45) is 0 Å². The highest BCUT2D eigenvalue weighted by Crippen LogP contribution is 2.19. The van der Waals surface area contributed by atoms with Crippen molar-refractivity contribution in [1.29, 1.82) is 0 Å². The molecule has 0 fully saturated rings. The fourth-order valence-electron chi connectivity index (χ4n) is 2.47. The Morgan fingerprint density at radius 2 is 2.14 bits per heavy atom. The minimum atomic E-state index is -0.813. The number of benzene rings is 1. The van der Waals surface area contributed by atoms with Crippen LogP contribution in [0.1, 0.15) is 23.8 Å². The van der Waals surface area contributed by atoms with Crippen molar-refractivity contribution in [1.82, 2.24) is 10.3 Å². The molecule has 0 spiro atoms. The second-order valence-corrected chi connectivity index (χ2v) is 5.19. The smallest absolute Gasteiger partial charge is 0.220 e. The molecule has 1 amide bonds. The van der Waals surface area contributed by atoms with Crippen molar-refractivity contribution in [3.05, 3.63) is 60.2 Å². The predicted molar refractivity (Wildman–Crippen MR) is 83.3 cm³/mol. The van der Waals surface area contributed by atoms with E-state index < -0.39 is 6.10 Å². The summed E-state index contributed by atoms with van der Waals surface area (Å²) in [5.74, 6) is 0.368. The van der Waals surface area contributed by atoms with Gasteiger partial charge in [0, 0.05) is 23.5 Å². The maximum Gasteiger partial charge on any atom is 0.220 e. The molecular weight excluding hydrogens is 280 g/mol. The van der Waals surface area contributed by atoms with Gasteiger partial charge in [0.25, 0.3) is 0 Å². The maximum absolute atomic E-state index is 11.9. The number of aromatic amines is 1. The highest BCUT2D eigenvalue weighted by molar-refractivity contribution is 5.84. The second kappa shape index (κ2) is 6.49. The quantitative estimate of drug-likeness (QED) is 0.654. The number of H-pyrrole nitrogens is 1. The first kappa shape index (κ1) is 14.4. The Morgan fingerprint density at radius 1 is 1.27 bits per heavy atom. The van der Waals surface area contributed by atoms with Crippen molar-refractivity contribution >= 4 is 16.8 Å². The summed E-state index contributed by atoms with van der Waals surface area (Å²) in [4.78, 5) is 15.1. The number of rotatable bonds is 6. The molecule has 2 aromatic heterocycles. The van der Waals surface area contributed by atoms with E-state index in [0.29, 0.717) is 18.6 Å². The molecule has 2 heterocycles. The zero-order chi connectivity index (χ0) is 15.4. The summed E-state index contributed by atoms with van der Waals surface area (Å²) in [6.07, 6.45) is 3.67. The van der Waals surface area contributed by atoms with E-state index in [1.807, 2.05) is 30.5 Å². The third-order valence-electron chi connectivity index (χ3n) is 3.66. The van der Waals surface area contributed by atoms with Crippen LogP contribution >= 0.6 is 0 Å². The van der Waals surface area contributed by atoms with Gasteiger partial charge in [-0.25, -0.2) is 0 Å². The summed E-state index contributed by atoms with van der Waals surface area (Å²) in [7, 11) is 0. The fraction of sp³-hybridized carbons (Fsp3) is 0.235. The largest absolute Gasteiger partial charge is 0.467 e. The Morgan fingerprint density at radius 3 is 2.95 bits per heavy atom. The summed E-state index contributed by atoms with van der Waals surface area (Å²) >= 11 is 0. The van der Waals surface area contributed by atoms with Gasteiger partial charge < -0.3 is 19.8 Å². The van der Waals surface area contributed by atoms with Gasteiger partial charge in [-0.1, -0.05) is 18.2 Å². The van der Waals surface area contributed by atoms with Gasteiger partial charge in [0.05, 0.1) is 12.8 Å². The third kappa shape index (κ3) is 3.20. The highest BCUT2D eigenvalue weighted by atomic mass is 16.4. The Labute approximate surface area is 128 Å². The number of nitrogens with one attached hydrogen (secondary N) is 2. The number of para-hydroxylation sites is 1. The van der Waals surface area contributed by atoms with Gasteiger partial charge in [0.2, 0.25) is 5.91 Å². The van der Waals surface area contributed by atoms with E-state index in [9.17, 15) is 9.90 Å². The molecule has 1 atom stereocenters. The van der Waals surface area contributed by atoms with Crippen molar-refractivity contribution in [2.45, 2.75) is 18.9 Å². The normalized spacial score (nSPS) is 12.4. The predicted octanol–water partition coefficient (Wildman–Crippen LogP) is 2.54. The molecule has 5 heteroatoms. The van der Waals surface area contributed by atoms with Crippen LogP contribution in [0.3, 0.4) is 0 Å². The number of fused-ring (bicyclic) bond motifs is 1. The molecule has 5 nitrogen and oxygen atoms in total. The number of amides is 1. The standard InChI is InChI=1S/C17H18N2O3/c20-15(16-6-3-9-22-16)11-19-17(21)8-7-12-10-18-14-5-2-1-4-13(12)14/h1-6,9-10,15,18,20H,7-8,11H2,(H,19,21). The molecule has 22 heavy (non-hydrogen) atoms. The lowest BCUT2D eigenvalue weighted by atomic mass is 10.1. The SMILES string of the molecule is O=C(CCc1c[nH]c2ccccc12)NCC(O)c1ccco1. The van der Waals surface area contributed by atoms with Crippen LogP contribution in [0.15, 0.2) is 53.3 Å². The van der Waals surface area contributed by atoms with E-state index in [1.165, 1.54) is 6.26 Å². The van der Waals surface area contributed by atoms with Crippen LogP contribution in [0.4, 0.5) is 0 Å². The van der Waals surface area contributed by atoms with Gasteiger partial charge in [0.15, 0.2) is 0 Å². The van der Waals surface area contributed by atoms with E-state index in [0.717, 1.165) is 16.5 Å². The number of aromatic nitrogens is 1. The Bertz CT molecular complexity index is 746. The van der Waals surface area contributed by atoms with Gasteiger partial charge in [-0.2, -0.15) is 0 Å². The average molecular weight is 298 g/mol. The number of hydrogen-bond donors (Lipinski definition) is 3.